The van der Waals surface area contributed by atoms with Crippen LogP contribution in [0.2, 0.25) is 0 Å². The van der Waals surface area contributed by atoms with E-state index in [0.717, 1.165) is 32.0 Å². The predicted octanol–water partition coefficient (Wildman–Crippen LogP) is 1.71. The third-order valence-corrected chi connectivity index (χ3v) is 5.94. The minimum atomic E-state index is -3.88. The summed E-state index contributed by atoms with van der Waals surface area (Å²) in [5, 5.41) is -0.487. The van der Waals surface area contributed by atoms with Gasteiger partial charge in [-0.25, -0.2) is 17.8 Å². The quantitative estimate of drug-likeness (QED) is 0.849. The number of rotatable bonds is 4. The zero-order valence-electron chi connectivity index (χ0n) is 12.7. The number of likely N-dealkylation sites (tertiary alicyclic amines) is 1. The molecule has 0 aliphatic carbocycles. The summed E-state index contributed by atoms with van der Waals surface area (Å²) in [4.78, 5) is 6.01. The van der Waals surface area contributed by atoms with Crippen LogP contribution in [0.3, 0.4) is 0 Å². The largest absolute Gasteiger partial charge is 0.301 e. The average Bonchev–Trinajstić information content (AvgIpc) is 2.46. The molecule has 5 nitrogen and oxygen atoms in total. The number of hydrogen-bond donors (Lipinski definition) is 0. The third kappa shape index (κ3) is 3.41. The van der Waals surface area contributed by atoms with Crippen molar-refractivity contribution in [3.8, 4) is 0 Å². The summed E-state index contributed by atoms with van der Waals surface area (Å²) in [6, 6.07) is 2.86. The number of halogens is 1. The SMILES string of the molecule is CC(C)N1CCC(N(C)S(=O)(=O)c2ncccc2F)CC1. The molecule has 0 atom stereocenters. The molecule has 1 saturated heterocycles. The van der Waals surface area contributed by atoms with Gasteiger partial charge in [0.25, 0.3) is 10.0 Å². The summed E-state index contributed by atoms with van der Waals surface area (Å²) < 4.78 is 39.9. The second kappa shape index (κ2) is 6.37. The second-order valence-corrected chi connectivity index (χ2v) is 7.59. The Balaban J connectivity index is 2.13. The molecule has 0 spiro atoms. The standard InChI is InChI=1S/C14H22FN3O2S/c1-11(2)18-9-6-12(7-10-18)17(3)21(19,20)14-13(15)5-4-8-16-14/h4-5,8,11-12H,6-7,9-10H2,1-3H3. The van der Waals surface area contributed by atoms with Crippen molar-refractivity contribution in [2.45, 2.75) is 43.8 Å². The molecule has 0 bridgehead atoms. The van der Waals surface area contributed by atoms with Gasteiger partial charge < -0.3 is 4.90 Å². The lowest BCUT2D eigenvalue weighted by atomic mass is 10.0. The lowest BCUT2D eigenvalue weighted by molar-refractivity contribution is 0.140. The minimum Gasteiger partial charge on any atom is -0.301 e. The van der Waals surface area contributed by atoms with Crippen molar-refractivity contribution in [2.75, 3.05) is 20.1 Å². The normalized spacial score (nSPS) is 18.6. The predicted molar refractivity (Wildman–Crippen MR) is 78.9 cm³/mol. The topological polar surface area (TPSA) is 53.5 Å². The summed E-state index contributed by atoms with van der Waals surface area (Å²) in [5.74, 6) is -0.802. The van der Waals surface area contributed by atoms with Crippen LogP contribution < -0.4 is 0 Å². The molecule has 0 aromatic carbocycles. The molecule has 1 aromatic rings. The first-order valence-corrected chi connectivity index (χ1v) is 8.60. The van der Waals surface area contributed by atoms with Crippen molar-refractivity contribution in [1.29, 1.82) is 0 Å². The Labute approximate surface area is 125 Å². The van der Waals surface area contributed by atoms with E-state index >= 15 is 0 Å². The van der Waals surface area contributed by atoms with E-state index in [4.69, 9.17) is 0 Å². The smallest absolute Gasteiger partial charge is 0.263 e. The maximum absolute atomic E-state index is 13.7. The molecule has 0 amide bonds. The van der Waals surface area contributed by atoms with E-state index < -0.39 is 20.9 Å². The molecule has 0 saturated carbocycles. The van der Waals surface area contributed by atoms with Crippen LogP contribution in [-0.2, 0) is 10.0 Å². The average molecular weight is 315 g/mol. The Bertz CT molecular complexity index is 584. The molecule has 1 aliphatic rings. The van der Waals surface area contributed by atoms with E-state index in [9.17, 15) is 12.8 Å². The van der Waals surface area contributed by atoms with Gasteiger partial charge in [-0.3, -0.25) is 0 Å². The van der Waals surface area contributed by atoms with Crippen LogP contribution in [-0.4, -0.2) is 54.8 Å². The monoisotopic (exact) mass is 315 g/mol. The maximum Gasteiger partial charge on any atom is 0.263 e. The van der Waals surface area contributed by atoms with E-state index in [1.54, 1.807) is 0 Å². The first-order chi connectivity index (χ1) is 9.84. The van der Waals surface area contributed by atoms with E-state index in [1.165, 1.54) is 23.6 Å². The Morgan fingerprint density at radius 2 is 2.00 bits per heavy atom. The van der Waals surface area contributed by atoms with Crippen molar-refractivity contribution in [3.05, 3.63) is 24.1 Å². The molecule has 7 heteroatoms. The molecule has 0 unspecified atom stereocenters. The van der Waals surface area contributed by atoms with Crippen LogP contribution in [0.5, 0.6) is 0 Å². The molecule has 1 aliphatic heterocycles. The molecule has 2 rings (SSSR count). The van der Waals surface area contributed by atoms with E-state index in [-0.39, 0.29) is 6.04 Å². The van der Waals surface area contributed by atoms with Crippen LogP contribution in [0.1, 0.15) is 26.7 Å². The molecule has 2 heterocycles. The first-order valence-electron chi connectivity index (χ1n) is 7.16. The number of hydrogen-bond acceptors (Lipinski definition) is 4. The Morgan fingerprint density at radius 1 is 1.38 bits per heavy atom. The molecular weight excluding hydrogens is 293 g/mol. The van der Waals surface area contributed by atoms with Crippen molar-refractivity contribution in [3.63, 3.8) is 0 Å². The van der Waals surface area contributed by atoms with Crippen molar-refractivity contribution in [1.82, 2.24) is 14.2 Å². The van der Waals surface area contributed by atoms with Gasteiger partial charge in [0.2, 0.25) is 5.03 Å². The van der Waals surface area contributed by atoms with Gasteiger partial charge in [0.05, 0.1) is 0 Å². The van der Waals surface area contributed by atoms with E-state index in [0.29, 0.717) is 6.04 Å². The third-order valence-electron chi connectivity index (χ3n) is 4.09. The fourth-order valence-corrected chi connectivity index (χ4v) is 4.04. The lowest BCUT2D eigenvalue weighted by Crippen LogP contribution is -2.47. The highest BCUT2D eigenvalue weighted by atomic mass is 32.2. The number of pyridine rings is 1. The van der Waals surface area contributed by atoms with Crippen molar-refractivity contribution >= 4 is 10.0 Å². The van der Waals surface area contributed by atoms with E-state index in [2.05, 4.69) is 23.7 Å². The van der Waals surface area contributed by atoms with Crippen LogP contribution in [0.25, 0.3) is 0 Å². The van der Waals surface area contributed by atoms with Crippen LogP contribution in [0.4, 0.5) is 4.39 Å². The molecule has 0 N–H and O–H groups in total. The number of nitrogens with zero attached hydrogens (tertiary/aromatic N) is 3. The van der Waals surface area contributed by atoms with Gasteiger partial charge in [0, 0.05) is 25.3 Å². The van der Waals surface area contributed by atoms with Crippen molar-refractivity contribution < 1.29 is 12.8 Å². The summed E-state index contributed by atoms with van der Waals surface area (Å²) >= 11 is 0. The molecule has 118 valence electrons. The lowest BCUT2D eigenvalue weighted by Gasteiger charge is -2.37. The number of aromatic nitrogens is 1. The Kier molecular flexibility index (Phi) is 4.95. The summed E-state index contributed by atoms with van der Waals surface area (Å²) in [5.41, 5.74) is 0. The van der Waals surface area contributed by atoms with Gasteiger partial charge in [0.15, 0.2) is 5.82 Å². The molecule has 1 fully saturated rings. The van der Waals surface area contributed by atoms with Gasteiger partial charge in [0.1, 0.15) is 0 Å². The molecule has 21 heavy (non-hydrogen) atoms. The van der Waals surface area contributed by atoms with Gasteiger partial charge in [-0.1, -0.05) is 0 Å². The molecule has 0 radical (unpaired) electrons. The second-order valence-electron chi connectivity index (χ2n) is 5.67. The van der Waals surface area contributed by atoms with Crippen LogP contribution in [0.15, 0.2) is 23.4 Å². The van der Waals surface area contributed by atoms with Gasteiger partial charge in [-0.15, -0.1) is 0 Å². The molecular formula is C14H22FN3O2S. The van der Waals surface area contributed by atoms with Crippen molar-refractivity contribution in [2.24, 2.45) is 0 Å². The zero-order valence-corrected chi connectivity index (χ0v) is 13.5. The fourth-order valence-electron chi connectivity index (χ4n) is 2.66. The number of piperidine rings is 1. The maximum atomic E-state index is 13.7. The van der Waals surface area contributed by atoms with E-state index in [1.807, 2.05) is 0 Å². The Hall–Kier alpha value is -1.05. The summed E-state index contributed by atoms with van der Waals surface area (Å²) in [6.45, 7) is 5.97. The first kappa shape index (κ1) is 16.3. The minimum absolute atomic E-state index is 0.105. The highest BCUT2D eigenvalue weighted by molar-refractivity contribution is 7.89. The fraction of sp³-hybridized carbons (Fsp3) is 0.643. The van der Waals surface area contributed by atoms with Gasteiger partial charge >= 0.3 is 0 Å². The van der Waals surface area contributed by atoms with Crippen LogP contribution in [0, 0.1) is 5.82 Å². The van der Waals surface area contributed by atoms with Gasteiger partial charge in [-0.2, -0.15) is 4.31 Å². The number of sulfonamides is 1. The molecule has 1 aromatic heterocycles. The summed E-state index contributed by atoms with van der Waals surface area (Å²) in [7, 11) is -2.37. The van der Waals surface area contributed by atoms with Crippen LogP contribution >= 0.6 is 0 Å². The summed E-state index contributed by atoms with van der Waals surface area (Å²) in [6.07, 6.45) is 2.80. The highest BCUT2D eigenvalue weighted by Crippen LogP contribution is 2.23. The van der Waals surface area contributed by atoms with Gasteiger partial charge in [-0.05, 0) is 51.9 Å². The zero-order chi connectivity index (χ0) is 15.6. The highest BCUT2D eigenvalue weighted by Gasteiger charge is 2.33. The Morgan fingerprint density at radius 3 is 2.52 bits per heavy atom.